The topological polar surface area (TPSA) is 65.1 Å². The van der Waals surface area contributed by atoms with E-state index in [0.29, 0.717) is 10.9 Å². The minimum atomic E-state index is -1.17. The average molecular weight is 316 g/mol. The molecule has 1 amide bonds. The number of aliphatic hydroxyl groups is 1. The number of benzene rings is 2. The predicted molar refractivity (Wildman–Crippen MR) is 81.9 cm³/mol. The lowest BCUT2D eigenvalue weighted by molar-refractivity contribution is 0.0910. The zero-order valence-electron chi connectivity index (χ0n) is 12.0. The van der Waals surface area contributed by atoms with Gasteiger partial charge in [0, 0.05) is 23.0 Å². The smallest absolute Gasteiger partial charge is 0.267 e. The van der Waals surface area contributed by atoms with Crippen LogP contribution in [-0.4, -0.2) is 22.5 Å². The van der Waals surface area contributed by atoms with Crippen molar-refractivity contribution in [1.82, 2.24) is 10.3 Å². The third-order valence-electron chi connectivity index (χ3n) is 3.58. The first-order valence-corrected chi connectivity index (χ1v) is 7.04. The van der Waals surface area contributed by atoms with Gasteiger partial charge in [0.05, 0.1) is 6.10 Å². The number of aliphatic hydroxyl groups excluding tert-OH is 1. The van der Waals surface area contributed by atoms with Gasteiger partial charge in [-0.2, -0.15) is 0 Å². The molecule has 2 aromatic carbocycles. The molecule has 0 aliphatic rings. The second-order valence-corrected chi connectivity index (χ2v) is 5.13. The van der Waals surface area contributed by atoms with Gasteiger partial charge in [0.2, 0.25) is 0 Å². The summed E-state index contributed by atoms with van der Waals surface area (Å²) < 4.78 is 27.2. The Morgan fingerprint density at radius 2 is 1.87 bits per heavy atom. The molecule has 3 N–H and O–H groups in total. The lowest BCUT2D eigenvalue weighted by Crippen LogP contribution is -2.28. The van der Waals surface area contributed by atoms with Crippen molar-refractivity contribution in [3.63, 3.8) is 0 Å². The number of fused-ring (bicyclic) bond motifs is 1. The van der Waals surface area contributed by atoms with Crippen LogP contribution in [0.4, 0.5) is 8.78 Å². The van der Waals surface area contributed by atoms with Crippen LogP contribution in [0.5, 0.6) is 0 Å². The summed E-state index contributed by atoms with van der Waals surface area (Å²) in [6.07, 6.45) is -1.17. The first kappa shape index (κ1) is 15.2. The summed E-state index contributed by atoms with van der Waals surface area (Å²) in [5.41, 5.74) is 0.783. The summed E-state index contributed by atoms with van der Waals surface area (Å²) in [6, 6.07) is 11.7. The number of hydrogen-bond acceptors (Lipinski definition) is 2. The number of carbonyl (C=O) groups is 1. The van der Waals surface area contributed by atoms with Crippen LogP contribution in [0.2, 0.25) is 0 Å². The molecule has 1 unspecified atom stereocenters. The average Bonchev–Trinajstić information content (AvgIpc) is 2.98. The largest absolute Gasteiger partial charge is 0.386 e. The highest BCUT2D eigenvalue weighted by Crippen LogP contribution is 2.19. The maximum atomic E-state index is 13.6. The third-order valence-corrected chi connectivity index (χ3v) is 3.58. The van der Waals surface area contributed by atoms with Crippen LogP contribution < -0.4 is 5.32 Å². The Kier molecular flexibility index (Phi) is 4.08. The molecule has 0 aliphatic carbocycles. The Morgan fingerprint density at radius 3 is 2.61 bits per heavy atom. The molecule has 1 atom stereocenters. The van der Waals surface area contributed by atoms with Gasteiger partial charge in [-0.15, -0.1) is 0 Å². The zero-order valence-corrected chi connectivity index (χ0v) is 12.0. The molecule has 3 rings (SSSR count). The maximum Gasteiger partial charge on any atom is 0.267 e. The van der Waals surface area contributed by atoms with Crippen molar-refractivity contribution >= 4 is 16.8 Å². The van der Waals surface area contributed by atoms with Crippen LogP contribution in [0.25, 0.3) is 10.9 Å². The Balaban J connectivity index is 1.71. The molecule has 1 aromatic heterocycles. The van der Waals surface area contributed by atoms with Gasteiger partial charge in [0.25, 0.3) is 5.91 Å². The highest BCUT2D eigenvalue weighted by Gasteiger charge is 2.16. The molecule has 0 spiro atoms. The lowest BCUT2D eigenvalue weighted by Gasteiger charge is -2.12. The molecule has 0 saturated heterocycles. The maximum absolute atomic E-state index is 13.6. The fourth-order valence-corrected chi connectivity index (χ4v) is 2.38. The van der Waals surface area contributed by atoms with Crippen LogP contribution in [-0.2, 0) is 0 Å². The van der Waals surface area contributed by atoms with Crippen molar-refractivity contribution in [1.29, 1.82) is 0 Å². The van der Waals surface area contributed by atoms with Crippen LogP contribution in [0.1, 0.15) is 22.2 Å². The predicted octanol–water partition coefficient (Wildman–Crippen LogP) is 2.91. The molecule has 0 saturated carbocycles. The van der Waals surface area contributed by atoms with Gasteiger partial charge in [-0.1, -0.05) is 24.3 Å². The van der Waals surface area contributed by atoms with E-state index in [1.54, 1.807) is 12.1 Å². The van der Waals surface area contributed by atoms with Gasteiger partial charge in [-0.05, 0) is 24.3 Å². The molecular weight excluding hydrogens is 302 g/mol. The first-order valence-electron chi connectivity index (χ1n) is 7.04. The van der Waals surface area contributed by atoms with Gasteiger partial charge < -0.3 is 15.4 Å². The van der Waals surface area contributed by atoms with Crippen LogP contribution in [0.3, 0.4) is 0 Å². The Labute approximate surface area is 130 Å². The molecule has 0 fully saturated rings. The minimum Gasteiger partial charge on any atom is -0.386 e. The van der Waals surface area contributed by atoms with Gasteiger partial charge in [0.15, 0.2) is 0 Å². The van der Waals surface area contributed by atoms with Crippen molar-refractivity contribution < 1.29 is 18.7 Å². The van der Waals surface area contributed by atoms with Crippen molar-refractivity contribution in [2.45, 2.75) is 6.10 Å². The summed E-state index contributed by atoms with van der Waals surface area (Å²) >= 11 is 0. The molecule has 0 bridgehead atoms. The SMILES string of the molecule is O=C(NCC(O)c1ccccc1F)c1cc2c(F)cccc2[nH]1. The molecule has 118 valence electrons. The van der Waals surface area contributed by atoms with Crippen LogP contribution in [0, 0.1) is 11.6 Å². The Morgan fingerprint density at radius 1 is 1.13 bits per heavy atom. The molecule has 3 aromatic rings. The fraction of sp³-hybridized carbons (Fsp3) is 0.118. The molecule has 1 heterocycles. The number of aromatic nitrogens is 1. The van der Waals surface area contributed by atoms with E-state index in [9.17, 15) is 18.7 Å². The number of halogens is 2. The van der Waals surface area contributed by atoms with Gasteiger partial charge in [-0.3, -0.25) is 4.79 Å². The van der Waals surface area contributed by atoms with E-state index < -0.39 is 23.6 Å². The number of H-pyrrole nitrogens is 1. The number of carbonyl (C=O) groups excluding carboxylic acids is 1. The van der Waals surface area contributed by atoms with Crippen LogP contribution >= 0.6 is 0 Å². The van der Waals surface area contributed by atoms with Crippen molar-refractivity contribution in [3.05, 3.63) is 71.4 Å². The van der Waals surface area contributed by atoms with E-state index in [-0.39, 0.29) is 17.8 Å². The first-order chi connectivity index (χ1) is 11.1. The second kappa shape index (κ2) is 6.18. The van der Waals surface area contributed by atoms with E-state index in [1.165, 1.54) is 36.4 Å². The third kappa shape index (κ3) is 3.07. The van der Waals surface area contributed by atoms with E-state index in [1.807, 2.05) is 0 Å². The van der Waals surface area contributed by atoms with E-state index >= 15 is 0 Å². The number of aromatic amines is 1. The molecule has 23 heavy (non-hydrogen) atoms. The Bertz CT molecular complexity index is 861. The van der Waals surface area contributed by atoms with Gasteiger partial charge >= 0.3 is 0 Å². The molecule has 6 heteroatoms. The van der Waals surface area contributed by atoms with Gasteiger partial charge in [-0.25, -0.2) is 8.78 Å². The summed E-state index contributed by atoms with van der Waals surface area (Å²) in [6.45, 7) is -0.155. The van der Waals surface area contributed by atoms with E-state index in [2.05, 4.69) is 10.3 Å². The summed E-state index contributed by atoms with van der Waals surface area (Å²) in [5, 5.41) is 12.8. The molecular formula is C17H14F2N2O2. The van der Waals surface area contributed by atoms with Crippen molar-refractivity contribution in [2.24, 2.45) is 0 Å². The number of hydrogen-bond donors (Lipinski definition) is 3. The number of rotatable bonds is 4. The monoisotopic (exact) mass is 316 g/mol. The zero-order chi connectivity index (χ0) is 16.4. The van der Waals surface area contributed by atoms with E-state index in [4.69, 9.17) is 0 Å². The molecule has 0 aliphatic heterocycles. The number of amides is 1. The number of nitrogens with one attached hydrogen (secondary N) is 2. The summed E-state index contributed by atoms with van der Waals surface area (Å²) in [5.74, 6) is -1.47. The minimum absolute atomic E-state index is 0.107. The Hall–Kier alpha value is -2.73. The standard InChI is InChI=1S/C17H14F2N2O2/c18-12-5-2-1-4-10(12)16(22)9-20-17(23)15-8-11-13(19)6-3-7-14(11)21-15/h1-8,16,21-22H,9H2,(H,20,23). The normalized spacial score (nSPS) is 12.3. The summed E-state index contributed by atoms with van der Waals surface area (Å²) in [7, 11) is 0. The molecule has 0 radical (unpaired) electrons. The van der Waals surface area contributed by atoms with Crippen molar-refractivity contribution in [3.8, 4) is 0 Å². The highest BCUT2D eigenvalue weighted by molar-refractivity contribution is 5.98. The fourth-order valence-electron chi connectivity index (χ4n) is 2.38. The van der Waals surface area contributed by atoms with Gasteiger partial charge in [0.1, 0.15) is 17.3 Å². The highest BCUT2D eigenvalue weighted by atomic mass is 19.1. The molecule has 4 nitrogen and oxygen atoms in total. The van der Waals surface area contributed by atoms with E-state index in [0.717, 1.165) is 0 Å². The lowest BCUT2D eigenvalue weighted by atomic mass is 10.1. The van der Waals surface area contributed by atoms with Crippen molar-refractivity contribution in [2.75, 3.05) is 6.54 Å². The second-order valence-electron chi connectivity index (χ2n) is 5.13. The quantitative estimate of drug-likeness (QED) is 0.693. The van der Waals surface area contributed by atoms with Crippen LogP contribution in [0.15, 0.2) is 48.5 Å². The summed E-state index contributed by atoms with van der Waals surface area (Å²) in [4.78, 5) is 14.9.